The van der Waals surface area contributed by atoms with Gasteiger partial charge in [-0.3, -0.25) is 14.9 Å². The number of ether oxygens (including phenoxy) is 2. The molecule has 3 rings (SSSR count). The number of benzene rings is 1. The quantitative estimate of drug-likeness (QED) is 0.680. The van der Waals surface area contributed by atoms with E-state index in [9.17, 15) is 14.9 Å². The van der Waals surface area contributed by atoms with Crippen molar-refractivity contribution >= 4 is 17.3 Å². The maximum atomic E-state index is 12.4. The summed E-state index contributed by atoms with van der Waals surface area (Å²) < 4.78 is 12.2. The van der Waals surface area contributed by atoms with Gasteiger partial charge in [0.2, 0.25) is 5.88 Å². The fraction of sp³-hybridized carbons (Fsp3) is 0.286. The van der Waals surface area contributed by atoms with Crippen molar-refractivity contribution in [2.75, 3.05) is 19.0 Å². The normalized spacial score (nSPS) is 12.9. The van der Waals surface area contributed by atoms with Crippen LogP contribution in [0, 0.1) is 10.1 Å². The number of anilines is 1. The van der Waals surface area contributed by atoms with Gasteiger partial charge in [-0.05, 0) is 6.07 Å². The molecule has 1 N–H and O–H groups in total. The van der Waals surface area contributed by atoms with Crippen molar-refractivity contribution in [1.82, 2.24) is 9.78 Å². The molecule has 0 aliphatic carbocycles. The number of nitro groups is 1. The summed E-state index contributed by atoms with van der Waals surface area (Å²) in [6.07, 6.45) is 2.28. The van der Waals surface area contributed by atoms with E-state index in [0.29, 0.717) is 30.3 Å². The molecule has 0 fully saturated rings. The van der Waals surface area contributed by atoms with Gasteiger partial charge in [0, 0.05) is 19.0 Å². The van der Waals surface area contributed by atoms with Crippen LogP contribution >= 0.6 is 0 Å². The molecule has 0 radical (unpaired) electrons. The lowest BCUT2D eigenvalue weighted by atomic mass is 10.2. The van der Waals surface area contributed by atoms with Crippen molar-refractivity contribution < 1.29 is 19.2 Å². The number of carbonyl (C=O) groups is 1. The molecule has 1 aliphatic rings. The molecular weight excluding hydrogens is 304 g/mol. The van der Waals surface area contributed by atoms with E-state index >= 15 is 0 Å². The number of nitro benzene ring substituents is 1. The van der Waals surface area contributed by atoms with Crippen molar-refractivity contribution in [3.8, 4) is 11.6 Å². The molecule has 1 aromatic heterocycles. The Hall–Kier alpha value is -3.10. The lowest BCUT2D eigenvalue weighted by molar-refractivity contribution is -0.384. The number of fused-ring (bicyclic) bond motifs is 1. The maximum Gasteiger partial charge on any atom is 0.273 e. The van der Waals surface area contributed by atoms with Gasteiger partial charge in [-0.15, -0.1) is 0 Å². The number of methoxy groups -OCH3 is 1. The molecule has 2 aromatic rings. The first-order chi connectivity index (χ1) is 11.1. The van der Waals surface area contributed by atoms with Crippen LogP contribution in [0.3, 0.4) is 0 Å². The van der Waals surface area contributed by atoms with Crippen LogP contribution < -0.4 is 14.8 Å². The zero-order chi connectivity index (χ0) is 16.4. The average Bonchev–Trinajstić information content (AvgIpc) is 2.99. The number of rotatable bonds is 4. The Bertz CT molecular complexity index is 771. The number of amides is 1. The molecule has 0 saturated carbocycles. The predicted octanol–water partition coefficient (Wildman–Crippen LogP) is 1.83. The van der Waals surface area contributed by atoms with Gasteiger partial charge in [0.25, 0.3) is 11.6 Å². The van der Waals surface area contributed by atoms with Crippen LogP contribution in [-0.4, -0.2) is 34.3 Å². The third kappa shape index (κ3) is 2.80. The predicted molar refractivity (Wildman–Crippen MR) is 79.9 cm³/mol. The lowest BCUT2D eigenvalue weighted by Crippen LogP contribution is -2.18. The van der Waals surface area contributed by atoms with Crippen molar-refractivity contribution in [2.45, 2.75) is 13.0 Å². The van der Waals surface area contributed by atoms with E-state index in [1.54, 1.807) is 4.68 Å². The first kappa shape index (κ1) is 14.8. The number of nitrogens with one attached hydrogen (secondary N) is 1. The molecule has 9 nitrogen and oxygen atoms in total. The number of non-ortho nitro benzene ring substituents is 1. The van der Waals surface area contributed by atoms with Crippen molar-refractivity contribution in [3.05, 3.63) is 40.1 Å². The molecule has 0 unspecified atom stereocenters. The van der Waals surface area contributed by atoms with Crippen LogP contribution in [0.15, 0.2) is 24.4 Å². The Morgan fingerprint density at radius 1 is 1.52 bits per heavy atom. The van der Waals surface area contributed by atoms with E-state index in [1.165, 1.54) is 31.5 Å². The zero-order valence-electron chi connectivity index (χ0n) is 12.3. The molecule has 1 amide bonds. The number of carbonyl (C=O) groups excluding carboxylic acids is 1. The number of nitrogens with zero attached hydrogens (tertiary/aromatic N) is 3. The third-order valence-corrected chi connectivity index (χ3v) is 3.43. The largest absolute Gasteiger partial charge is 0.494 e. The number of aryl methyl sites for hydroxylation is 1. The molecule has 0 spiro atoms. The second kappa shape index (κ2) is 5.95. The minimum atomic E-state index is -0.532. The summed E-state index contributed by atoms with van der Waals surface area (Å²) in [6.45, 7) is 1.23. The highest BCUT2D eigenvalue weighted by Crippen LogP contribution is 2.30. The zero-order valence-corrected chi connectivity index (χ0v) is 12.3. The summed E-state index contributed by atoms with van der Waals surface area (Å²) in [5, 5.41) is 17.6. The molecule has 2 heterocycles. The van der Waals surface area contributed by atoms with Gasteiger partial charge in [-0.2, -0.15) is 5.10 Å². The second-order valence-electron chi connectivity index (χ2n) is 4.88. The molecule has 23 heavy (non-hydrogen) atoms. The summed E-state index contributed by atoms with van der Waals surface area (Å²) in [4.78, 5) is 22.7. The summed E-state index contributed by atoms with van der Waals surface area (Å²) in [7, 11) is 1.37. The van der Waals surface area contributed by atoms with E-state index in [-0.39, 0.29) is 11.4 Å². The highest BCUT2D eigenvalue weighted by Gasteiger charge is 2.23. The van der Waals surface area contributed by atoms with E-state index in [4.69, 9.17) is 9.47 Å². The van der Waals surface area contributed by atoms with Crippen LogP contribution in [0.2, 0.25) is 0 Å². The highest BCUT2D eigenvalue weighted by molar-refractivity contribution is 6.06. The van der Waals surface area contributed by atoms with Crippen molar-refractivity contribution in [2.24, 2.45) is 0 Å². The SMILES string of the molecule is COc1cc([N+](=O)[O-])ccc1NC(=O)c1cnn2c1OCCC2. The summed E-state index contributed by atoms with van der Waals surface area (Å²) in [5.74, 6) is 0.212. The van der Waals surface area contributed by atoms with E-state index in [1.807, 2.05) is 0 Å². The monoisotopic (exact) mass is 318 g/mol. The van der Waals surface area contributed by atoms with Crippen LogP contribution in [0.25, 0.3) is 0 Å². The van der Waals surface area contributed by atoms with Gasteiger partial charge < -0.3 is 14.8 Å². The molecular formula is C14H14N4O5. The van der Waals surface area contributed by atoms with Gasteiger partial charge >= 0.3 is 0 Å². The van der Waals surface area contributed by atoms with Gasteiger partial charge in [0.15, 0.2) is 0 Å². The van der Waals surface area contributed by atoms with Gasteiger partial charge in [0.05, 0.1) is 36.6 Å². The molecule has 0 bridgehead atoms. The fourth-order valence-electron chi connectivity index (χ4n) is 2.31. The maximum absolute atomic E-state index is 12.4. The van der Waals surface area contributed by atoms with Crippen molar-refractivity contribution in [3.63, 3.8) is 0 Å². The second-order valence-corrected chi connectivity index (χ2v) is 4.88. The van der Waals surface area contributed by atoms with Crippen LogP contribution in [0.1, 0.15) is 16.8 Å². The van der Waals surface area contributed by atoms with E-state index in [0.717, 1.165) is 6.42 Å². The summed E-state index contributed by atoms with van der Waals surface area (Å²) in [5.41, 5.74) is 0.523. The molecule has 1 aromatic carbocycles. The number of hydrogen-bond donors (Lipinski definition) is 1. The highest BCUT2D eigenvalue weighted by atomic mass is 16.6. The fourth-order valence-corrected chi connectivity index (χ4v) is 2.31. The van der Waals surface area contributed by atoms with E-state index < -0.39 is 10.8 Å². The first-order valence-corrected chi connectivity index (χ1v) is 6.92. The Kier molecular flexibility index (Phi) is 3.83. The molecule has 1 aliphatic heterocycles. The lowest BCUT2D eigenvalue weighted by Gasteiger charge is -2.16. The van der Waals surface area contributed by atoms with Crippen molar-refractivity contribution in [1.29, 1.82) is 0 Å². The summed E-state index contributed by atoms with van der Waals surface area (Å²) in [6, 6.07) is 3.97. The van der Waals surface area contributed by atoms with Crippen LogP contribution in [-0.2, 0) is 6.54 Å². The number of aromatic nitrogens is 2. The Morgan fingerprint density at radius 2 is 2.35 bits per heavy atom. The molecule has 120 valence electrons. The molecule has 0 saturated heterocycles. The molecule has 9 heteroatoms. The minimum absolute atomic E-state index is 0.119. The Balaban J connectivity index is 1.85. The van der Waals surface area contributed by atoms with Crippen LogP contribution in [0.5, 0.6) is 11.6 Å². The van der Waals surface area contributed by atoms with Gasteiger partial charge in [0.1, 0.15) is 11.3 Å². The first-order valence-electron chi connectivity index (χ1n) is 6.92. The summed E-state index contributed by atoms with van der Waals surface area (Å²) >= 11 is 0. The standard InChI is InChI=1S/C14H14N4O5/c1-22-12-7-9(18(20)21)3-4-11(12)16-13(19)10-8-15-17-5-2-6-23-14(10)17/h3-4,7-8H,2,5-6H2,1H3,(H,16,19). The van der Waals surface area contributed by atoms with E-state index in [2.05, 4.69) is 10.4 Å². The van der Waals surface area contributed by atoms with Gasteiger partial charge in [-0.1, -0.05) is 0 Å². The third-order valence-electron chi connectivity index (χ3n) is 3.43. The topological polar surface area (TPSA) is 109 Å². The number of hydrogen-bond acceptors (Lipinski definition) is 6. The average molecular weight is 318 g/mol. The molecule has 0 atom stereocenters. The smallest absolute Gasteiger partial charge is 0.273 e. The Labute approximate surface area is 131 Å². The Morgan fingerprint density at radius 3 is 3.09 bits per heavy atom. The minimum Gasteiger partial charge on any atom is -0.494 e. The van der Waals surface area contributed by atoms with Crippen LogP contribution in [0.4, 0.5) is 11.4 Å². The van der Waals surface area contributed by atoms with Gasteiger partial charge in [-0.25, -0.2) is 4.68 Å².